The van der Waals surface area contributed by atoms with Crippen LogP contribution in [0, 0.1) is 0 Å². The number of hydrogen-bond donors (Lipinski definition) is 2. The highest BCUT2D eigenvalue weighted by molar-refractivity contribution is 5.04. The predicted octanol–water partition coefficient (Wildman–Crippen LogP) is 0.251. The summed E-state index contributed by atoms with van der Waals surface area (Å²) in [6.07, 6.45) is -3.48. The van der Waals surface area contributed by atoms with Crippen LogP contribution in [0.2, 0.25) is 0 Å². The molecule has 0 aromatic rings. The molecule has 0 aromatic heterocycles. The minimum atomic E-state index is -4.09. The molecule has 0 amide bonds. The van der Waals surface area contributed by atoms with Crippen molar-refractivity contribution in [3.05, 3.63) is 0 Å². The Morgan fingerprint density at radius 1 is 1.27 bits per heavy atom. The molecule has 3 unspecified atom stereocenters. The Balaban J connectivity index is 2.08. The van der Waals surface area contributed by atoms with E-state index in [9.17, 15) is 13.2 Å². The molecule has 5 heteroatoms. The third kappa shape index (κ3) is 1.12. The first kappa shape index (κ1) is 7.36. The van der Waals surface area contributed by atoms with Crippen LogP contribution in [-0.2, 0) is 0 Å². The molecule has 0 radical (unpaired) electrons. The van der Waals surface area contributed by atoms with E-state index in [2.05, 4.69) is 10.6 Å². The van der Waals surface area contributed by atoms with Gasteiger partial charge in [-0.2, -0.15) is 13.2 Å². The van der Waals surface area contributed by atoms with E-state index >= 15 is 0 Å². The number of nitrogens with one attached hydrogen (secondary N) is 2. The third-order valence-electron chi connectivity index (χ3n) is 2.34. The number of fused-ring (bicyclic) bond motifs is 2. The maximum Gasteiger partial charge on any atom is 0.405 e. The van der Waals surface area contributed by atoms with Crippen molar-refractivity contribution < 1.29 is 13.2 Å². The molecule has 0 saturated carbocycles. The molecule has 0 aliphatic carbocycles. The van der Waals surface area contributed by atoms with E-state index in [0.717, 1.165) is 0 Å². The van der Waals surface area contributed by atoms with Gasteiger partial charge in [-0.05, 0) is 6.42 Å². The lowest BCUT2D eigenvalue weighted by Crippen LogP contribution is -2.55. The Kier molecular flexibility index (Phi) is 1.41. The molecule has 2 bridgehead atoms. The van der Waals surface area contributed by atoms with Crippen LogP contribution in [0.4, 0.5) is 13.2 Å². The van der Waals surface area contributed by atoms with E-state index < -0.39 is 12.2 Å². The van der Waals surface area contributed by atoms with E-state index in [-0.39, 0.29) is 12.1 Å². The average molecular weight is 166 g/mol. The summed E-state index contributed by atoms with van der Waals surface area (Å²) in [4.78, 5) is 0. The second-order valence-corrected chi connectivity index (χ2v) is 3.13. The highest BCUT2D eigenvalue weighted by atomic mass is 19.4. The van der Waals surface area contributed by atoms with Gasteiger partial charge in [0.25, 0.3) is 0 Å². The first-order valence-corrected chi connectivity index (χ1v) is 3.63. The molecular weight excluding hydrogens is 157 g/mol. The molecule has 2 heterocycles. The first-order chi connectivity index (χ1) is 5.07. The van der Waals surface area contributed by atoms with Crippen molar-refractivity contribution in [2.75, 3.05) is 6.54 Å². The van der Waals surface area contributed by atoms with E-state index in [1.165, 1.54) is 0 Å². The largest absolute Gasteiger partial charge is 0.405 e. The van der Waals surface area contributed by atoms with Crippen molar-refractivity contribution in [2.24, 2.45) is 0 Å². The van der Waals surface area contributed by atoms with Gasteiger partial charge in [0.15, 0.2) is 0 Å². The fourth-order valence-corrected chi connectivity index (χ4v) is 1.84. The summed E-state index contributed by atoms with van der Waals surface area (Å²) >= 11 is 0. The summed E-state index contributed by atoms with van der Waals surface area (Å²) in [7, 11) is 0. The van der Waals surface area contributed by atoms with E-state index in [1.54, 1.807) is 0 Å². The summed E-state index contributed by atoms with van der Waals surface area (Å²) in [5.74, 6) is 0. The number of piperazine rings is 1. The van der Waals surface area contributed by atoms with Crippen LogP contribution < -0.4 is 10.6 Å². The minimum Gasteiger partial charge on any atom is -0.310 e. The Bertz CT molecular complexity index is 168. The van der Waals surface area contributed by atoms with Gasteiger partial charge in [-0.1, -0.05) is 0 Å². The third-order valence-corrected chi connectivity index (χ3v) is 2.34. The lowest BCUT2D eigenvalue weighted by molar-refractivity contribution is -0.159. The Morgan fingerprint density at radius 2 is 2.00 bits per heavy atom. The van der Waals surface area contributed by atoms with Crippen LogP contribution in [-0.4, -0.2) is 30.8 Å². The van der Waals surface area contributed by atoms with Crippen LogP contribution in [0.1, 0.15) is 6.42 Å². The monoisotopic (exact) mass is 166 g/mol. The highest BCUT2D eigenvalue weighted by Crippen LogP contribution is 2.31. The van der Waals surface area contributed by atoms with Crippen molar-refractivity contribution in [3.63, 3.8) is 0 Å². The number of rotatable bonds is 0. The minimum absolute atomic E-state index is 0.0339. The lowest BCUT2D eigenvalue weighted by Gasteiger charge is -2.26. The van der Waals surface area contributed by atoms with Gasteiger partial charge in [0, 0.05) is 18.6 Å². The summed E-state index contributed by atoms with van der Waals surface area (Å²) in [6.45, 7) is 0.678. The van der Waals surface area contributed by atoms with Gasteiger partial charge in [0.05, 0.1) is 0 Å². The molecule has 2 aliphatic heterocycles. The van der Waals surface area contributed by atoms with Gasteiger partial charge in [0.1, 0.15) is 6.04 Å². The summed E-state index contributed by atoms with van der Waals surface area (Å²) < 4.78 is 36.3. The second-order valence-electron chi connectivity index (χ2n) is 3.13. The number of halogens is 3. The zero-order valence-corrected chi connectivity index (χ0v) is 5.78. The molecule has 64 valence electrons. The fraction of sp³-hybridized carbons (Fsp3) is 1.00. The van der Waals surface area contributed by atoms with Crippen molar-refractivity contribution in [3.8, 4) is 0 Å². The molecule has 0 aromatic carbocycles. The zero-order valence-electron chi connectivity index (χ0n) is 5.78. The quantitative estimate of drug-likeness (QED) is 0.539. The van der Waals surface area contributed by atoms with Crippen molar-refractivity contribution >= 4 is 0 Å². The van der Waals surface area contributed by atoms with Crippen LogP contribution in [0.3, 0.4) is 0 Å². The summed E-state index contributed by atoms with van der Waals surface area (Å²) in [6, 6.07) is -1.67. The van der Waals surface area contributed by atoms with E-state index in [1.807, 2.05) is 0 Å². The summed E-state index contributed by atoms with van der Waals surface area (Å²) in [5, 5.41) is 5.37. The van der Waals surface area contributed by atoms with Gasteiger partial charge >= 0.3 is 6.18 Å². The van der Waals surface area contributed by atoms with Gasteiger partial charge < -0.3 is 10.6 Å². The molecule has 2 fully saturated rings. The number of hydrogen-bond acceptors (Lipinski definition) is 2. The second kappa shape index (κ2) is 2.10. The van der Waals surface area contributed by atoms with Crippen LogP contribution >= 0.6 is 0 Å². The molecule has 2 aliphatic rings. The average Bonchev–Trinajstić information content (AvgIpc) is 2.42. The van der Waals surface area contributed by atoms with Crippen LogP contribution in [0.5, 0.6) is 0 Å². The van der Waals surface area contributed by atoms with Crippen molar-refractivity contribution in [1.82, 2.24) is 10.6 Å². The van der Waals surface area contributed by atoms with Crippen LogP contribution in [0.15, 0.2) is 0 Å². The molecule has 0 spiro atoms. The van der Waals surface area contributed by atoms with Gasteiger partial charge in [-0.15, -0.1) is 0 Å². The molecule has 2 rings (SSSR count). The molecular formula is C6H9F3N2. The standard InChI is InChI=1S/C6H9F3N2/c7-6(8,9)5-4-1-3(11-5)2-10-4/h3-5,10-11H,1-2H2. The molecule has 2 N–H and O–H groups in total. The Labute approximate surface area is 62.1 Å². The lowest BCUT2D eigenvalue weighted by atomic mass is 10.1. The molecule has 2 nitrogen and oxygen atoms in total. The maximum atomic E-state index is 12.1. The smallest absolute Gasteiger partial charge is 0.310 e. The highest BCUT2D eigenvalue weighted by Gasteiger charge is 2.52. The van der Waals surface area contributed by atoms with Crippen LogP contribution in [0.25, 0.3) is 0 Å². The topological polar surface area (TPSA) is 24.1 Å². The first-order valence-electron chi connectivity index (χ1n) is 3.63. The predicted molar refractivity (Wildman–Crippen MR) is 33.2 cm³/mol. The fourth-order valence-electron chi connectivity index (χ4n) is 1.84. The van der Waals surface area contributed by atoms with Crippen molar-refractivity contribution in [1.29, 1.82) is 0 Å². The molecule has 2 saturated heterocycles. The summed E-state index contributed by atoms with van der Waals surface area (Å²) in [5.41, 5.74) is 0. The van der Waals surface area contributed by atoms with E-state index in [4.69, 9.17) is 0 Å². The molecule has 11 heavy (non-hydrogen) atoms. The van der Waals surface area contributed by atoms with Gasteiger partial charge in [-0.3, -0.25) is 0 Å². The normalized spacial score (nSPS) is 43.4. The SMILES string of the molecule is FC(F)(F)C1NC2CNC1C2. The van der Waals surface area contributed by atoms with Gasteiger partial charge in [0.2, 0.25) is 0 Å². The Hall–Kier alpha value is -0.290. The van der Waals surface area contributed by atoms with Crippen molar-refractivity contribution in [2.45, 2.75) is 30.7 Å². The maximum absolute atomic E-state index is 12.1. The van der Waals surface area contributed by atoms with Gasteiger partial charge in [-0.25, -0.2) is 0 Å². The zero-order chi connectivity index (χ0) is 8.06. The molecule has 3 atom stereocenters. The number of alkyl halides is 3. The van der Waals surface area contributed by atoms with E-state index in [0.29, 0.717) is 13.0 Å². The Morgan fingerprint density at radius 3 is 2.27 bits per heavy atom.